The van der Waals surface area contributed by atoms with Crippen LogP contribution in [0, 0.1) is 0 Å². The van der Waals surface area contributed by atoms with Crippen molar-refractivity contribution in [2.45, 2.75) is 6.92 Å². The molecule has 0 heterocycles. The molecule has 1 N–H and O–H groups in total. The summed E-state index contributed by atoms with van der Waals surface area (Å²) >= 11 is 0. The standard InChI is InChI=1S/C8H12O5S/c1-2-3-4-5-8(9)13-6-7-14(10,11)12/h2-5H,6-7H2,1H3,(H,10,11,12)/b3-2+,5-4+. The molecule has 0 aliphatic rings. The summed E-state index contributed by atoms with van der Waals surface area (Å²) < 4.78 is 33.2. The van der Waals surface area contributed by atoms with Crippen molar-refractivity contribution in [1.82, 2.24) is 0 Å². The smallest absolute Gasteiger partial charge is 0.330 e. The molecule has 0 radical (unpaired) electrons. The number of carbonyl (C=O) groups is 1. The summed E-state index contributed by atoms with van der Waals surface area (Å²) in [6.07, 6.45) is 5.98. The van der Waals surface area contributed by atoms with Gasteiger partial charge in [0.2, 0.25) is 0 Å². The summed E-state index contributed by atoms with van der Waals surface area (Å²) in [5, 5.41) is 0. The van der Waals surface area contributed by atoms with E-state index in [9.17, 15) is 13.2 Å². The summed E-state index contributed by atoms with van der Waals surface area (Å²) in [6.45, 7) is 1.44. The average Bonchev–Trinajstić information content (AvgIpc) is 2.02. The van der Waals surface area contributed by atoms with Crippen molar-refractivity contribution in [3.05, 3.63) is 24.3 Å². The fourth-order valence-electron chi connectivity index (χ4n) is 0.541. The molecule has 0 aliphatic carbocycles. The van der Waals surface area contributed by atoms with Crippen LogP contribution >= 0.6 is 0 Å². The van der Waals surface area contributed by atoms with Gasteiger partial charge in [-0.3, -0.25) is 4.55 Å². The number of esters is 1. The number of hydrogen-bond acceptors (Lipinski definition) is 4. The first-order valence-corrected chi connectivity index (χ1v) is 5.48. The van der Waals surface area contributed by atoms with E-state index >= 15 is 0 Å². The number of ether oxygens (including phenoxy) is 1. The third kappa shape index (κ3) is 8.95. The number of rotatable bonds is 5. The van der Waals surface area contributed by atoms with Gasteiger partial charge in [-0.15, -0.1) is 0 Å². The van der Waals surface area contributed by atoms with Crippen LogP contribution in [0.4, 0.5) is 0 Å². The van der Waals surface area contributed by atoms with Crippen LogP contribution in [0.5, 0.6) is 0 Å². The SMILES string of the molecule is C/C=C/C=C/C(=O)OCCS(=O)(=O)O. The van der Waals surface area contributed by atoms with Crippen molar-refractivity contribution in [2.24, 2.45) is 0 Å². The lowest BCUT2D eigenvalue weighted by Crippen LogP contribution is -2.13. The molecule has 14 heavy (non-hydrogen) atoms. The van der Waals surface area contributed by atoms with Gasteiger partial charge in [-0.1, -0.05) is 18.2 Å². The van der Waals surface area contributed by atoms with Gasteiger partial charge < -0.3 is 4.74 Å². The van der Waals surface area contributed by atoms with Crippen molar-refractivity contribution >= 4 is 16.1 Å². The second-order valence-electron chi connectivity index (χ2n) is 2.34. The Hall–Kier alpha value is -1.14. The van der Waals surface area contributed by atoms with E-state index in [-0.39, 0.29) is 6.61 Å². The third-order valence-corrected chi connectivity index (χ3v) is 1.80. The maximum Gasteiger partial charge on any atom is 0.330 e. The van der Waals surface area contributed by atoms with Gasteiger partial charge in [-0.2, -0.15) is 8.42 Å². The van der Waals surface area contributed by atoms with E-state index in [1.54, 1.807) is 19.1 Å². The first-order chi connectivity index (χ1) is 6.45. The van der Waals surface area contributed by atoms with Gasteiger partial charge in [0.25, 0.3) is 10.1 Å². The first kappa shape index (κ1) is 12.9. The van der Waals surface area contributed by atoms with Crippen molar-refractivity contribution < 1.29 is 22.5 Å². The Balaban J connectivity index is 3.76. The highest BCUT2D eigenvalue weighted by Gasteiger charge is 2.05. The topological polar surface area (TPSA) is 80.7 Å². The molecule has 5 nitrogen and oxygen atoms in total. The predicted molar refractivity (Wildman–Crippen MR) is 51.3 cm³/mol. The van der Waals surface area contributed by atoms with Gasteiger partial charge in [0.05, 0.1) is 0 Å². The summed E-state index contributed by atoms with van der Waals surface area (Å²) in [4.78, 5) is 10.8. The summed E-state index contributed by atoms with van der Waals surface area (Å²) in [7, 11) is -4.06. The van der Waals surface area contributed by atoms with Gasteiger partial charge in [0.15, 0.2) is 0 Å². The predicted octanol–water partition coefficient (Wildman–Crippen LogP) is 0.550. The highest BCUT2D eigenvalue weighted by Crippen LogP contribution is 1.87. The molecule has 0 aliphatic heterocycles. The third-order valence-electron chi connectivity index (χ3n) is 1.12. The molecule has 0 bridgehead atoms. The molecule has 80 valence electrons. The van der Waals surface area contributed by atoms with Gasteiger partial charge in [-0.25, -0.2) is 4.79 Å². The normalized spacial score (nSPS) is 12.4. The van der Waals surface area contributed by atoms with Crippen molar-refractivity contribution in [3.63, 3.8) is 0 Å². The number of carbonyl (C=O) groups excluding carboxylic acids is 1. The van der Waals surface area contributed by atoms with Crippen LogP contribution in [0.3, 0.4) is 0 Å². The molecule has 0 saturated carbocycles. The van der Waals surface area contributed by atoms with Crippen LogP contribution in [0.1, 0.15) is 6.92 Å². The van der Waals surface area contributed by atoms with Gasteiger partial charge in [-0.05, 0) is 6.92 Å². The lowest BCUT2D eigenvalue weighted by atomic mass is 10.4. The van der Waals surface area contributed by atoms with E-state index in [1.807, 2.05) is 0 Å². The maximum absolute atomic E-state index is 10.8. The first-order valence-electron chi connectivity index (χ1n) is 3.87. The fourth-order valence-corrected chi connectivity index (χ4v) is 0.835. The molecular weight excluding hydrogens is 208 g/mol. The number of allylic oxidation sites excluding steroid dienone is 3. The quantitative estimate of drug-likeness (QED) is 0.317. The molecule has 0 amide bonds. The highest BCUT2D eigenvalue weighted by molar-refractivity contribution is 7.85. The zero-order chi connectivity index (χ0) is 11.0. The van der Waals surface area contributed by atoms with E-state index in [1.165, 1.54) is 6.08 Å². The number of hydrogen-bond donors (Lipinski definition) is 1. The van der Waals surface area contributed by atoms with Gasteiger partial charge >= 0.3 is 5.97 Å². The van der Waals surface area contributed by atoms with E-state index < -0.39 is 21.8 Å². The summed E-state index contributed by atoms with van der Waals surface area (Å²) in [5.41, 5.74) is 0. The molecule has 0 fully saturated rings. The highest BCUT2D eigenvalue weighted by atomic mass is 32.2. The van der Waals surface area contributed by atoms with Crippen LogP contribution in [-0.2, 0) is 19.6 Å². The monoisotopic (exact) mass is 220 g/mol. The van der Waals surface area contributed by atoms with Crippen LogP contribution in [0.25, 0.3) is 0 Å². The Labute approximate surface area is 82.8 Å². The lowest BCUT2D eigenvalue weighted by Gasteiger charge is -1.98. The zero-order valence-electron chi connectivity index (χ0n) is 7.71. The lowest BCUT2D eigenvalue weighted by molar-refractivity contribution is -0.137. The Morgan fingerprint density at radius 1 is 1.43 bits per heavy atom. The Morgan fingerprint density at radius 2 is 2.07 bits per heavy atom. The van der Waals surface area contributed by atoms with Crippen LogP contribution in [-0.4, -0.2) is 31.3 Å². The molecule has 0 unspecified atom stereocenters. The molecule has 0 aromatic carbocycles. The molecular formula is C8H12O5S. The fraction of sp³-hybridized carbons (Fsp3) is 0.375. The minimum absolute atomic E-state index is 0.349. The van der Waals surface area contributed by atoms with E-state index in [0.29, 0.717) is 0 Å². The average molecular weight is 220 g/mol. The van der Waals surface area contributed by atoms with Crippen molar-refractivity contribution in [3.8, 4) is 0 Å². The minimum atomic E-state index is -4.06. The molecule has 6 heteroatoms. The van der Waals surface area contributed by atoms with Crippen molar-refractivity contribution in [1.29, 1.82) is 0 Å². The minimum Gasteiger partial charge on any atom is -0.461 e. The van der Waals surface area contributed by atoms with E-state index in [0.717, 1.165) is 6.08 Å². The Kier molecular flexibility index (Phi) is 5.82. The molecule has 0 rings (SSSR count). The Bertz CT molecular complexity index is 326. The van der Waals surface area contributed by atoms with Gasteiger partial charge in [0.1, 0.15) is 12.4 Å². The maximum atomic E-state index is 10.8. The van der Waals surface area contributed by atoms with E-state index in [4.69, 9.17) is 4.55 Å². The van der Waals surface area contributed by atoms with Gasteiger partial charge in [0, 0.05) is 6.08 Å². The second-order valence-corrected chi connectivity index (χ2v) is 3.91. The molecule has 0 aromatic heterocycles. The molecule has 0 spiro atoms. The summed E-state index contributed by atoms with van der Waals surface area (Å²) in [5.74, 6) is -1.23. The van der Waals surface area contributed by atoms with Crippen LogP contribution < -0.4 is 0 Å². The largest absolute Gasteiger partial charge is 0.461 e. The molecule has 0 aromatic rings. The Morgan fingerprint density at radius 3 is 2.57 bits per heavy atom. The summed E-state index contributed by atoms with van der Waals surface area (Å²) in [6, 6.07) is 0. The molecule has 0 saturated heterocycles. The zero-order valence-corrected chi connectivity index (χ0v) is 8.53. The van der Waals surface area contributed by atoms with Crippen LogP contribution in [0.15, 0.2) is 24.3 Å². The molecule has 0 atom stereocenters. The van der Waals surface area contributed by atoms with E-state index in [2.05, 4.69) is 4.74 Å². The van der Waals surface area contributed by atoms with Crippen molar-refractivity contribution in [2.75, 3.05) is 12.4 Å². The second kappa shape index (κ2) is 6.33. The van der Waals surface area contributed by atoms with Crippen LogP contribution in [0.2, 0.25) is 0 Å².